The lowest BCUT2D eigenvalue weighted by atomic mass is 10.1. The van der Waals surface area contributed by atoms with Crippen molar-refractivity contribution in [3.8, 4) is 5.75 Å². The second-order valence-electron chi connectivity index (χ2n) is 6.66. The summed E-state index contributed by atoms with van der Waals surface area (Å²) in [6, 6.07) is 13.4. The molecule has 1 aliphatic rings. The average molecular weight is 400 g/mol. The highest BCUT2D eigenvalue weighted by Crippen LogP contribution is 2.21. The van der Waals surface area contributed by atoms with Gasteiger partial charge in [-0.2, -0.15) is 8.78 Å². The maximum absolute atomic E-state index is 12.4. The summed E-state index contributed by atoms with van der Waals surface area (Å²) in [6.07, 6.45) is 4.77. The minimum atomic E-state index is -2.93. The maximum atomic E-state index is 12.4. The number of hydrogen-bond donors (Lipinski definition) is 1. The van der Waals surface area contributed by atoms with Gasteiger partial charge in [0.25, 0.3) is 5.91 Å². The molecular formula is C22H22F2N2O3. The van der Waals surface area contributed by atoms with Crippen molar-refractivity contribution < 1.29 is 23.1 Å². The van der Waals surface area contributed by atoms with Crippen molar-refractivity contribution in [2.45, 2.75) is 26.0 Å². The number of nitrogens with one attached hydrogen (secondary N) is 1. The third-order valence-corrected chi connectivity index (χ3v) is 4.61. The minimum absolute atomic E-state index is 0.00445. The molecule has 0 spiro atoms. The van der Waals surface area contributed by atoms with Crippen molar-refractivity contribution in [1.82, 2.24) is 10.2 Å². The quantitative estimate of drug-likeness (QED) is 0.718. The molecule has 2 aromatic rings. The fourth-order valence-electron chi connectivity index (χ4n) is 3.10. The van der Waals surface area contributed by atoms with Gasteiger partial charge < -0.3 is 15.0 Å². The largest absolute Gasteiger partial charge is 0.434 e. The number of carbonyl (C=O) groups excluding carboxylic acids is 2. The van der Waals surface area contributed by atoms with Crippen LogP contribution in [0.15, 0.2) is 54.6 Å². The van der Waals surface area contributed by atoms with E-state index in [1.807, 2.05) is 4.90 Å². The zero-order valence-electron chi connectivity index (χ0n) is 15.8. The Morgan fingerprint density at radius 2 is 1.76 bits per heavy atom. The first-order valence-electron chi connectivity index (χ1n) is 9.41. The van der Waals surface area contributed by atoms with Crippen LogP contribution in [0.3, 0.4) is 0 Å². The zero-order valence-corrected chi connectivity index (χ0v) is 15.8. The number of ether oxygens (including phenoxy) is 1. The Kier molecular flexibility index (Phi) is 6.94. The molecule has 0 aromatic heterocycles. The Morgan fingerprint density at radius 3 is 2.45 bits per heavy atom. The standard InChI is InChI=1S/C22H22F2N2O3/c23-22(24)29-19-6-2-1-5-17(19)11-12-20(27)25-15-16-7-9-18(10-8-16)21(28)26-13-3-4-14-26/h1-2,5-12,22H,3-4,13-15H2,(H,25,27). The van der Waals surface area contributed by atoms with Crippen LogP contribution in [0.1, 0.15) is 34.3 Å². The monoisotopic (exact) mass is 400 g/mol. The second-order valence-corrected chi connectivity index (χ2v) is 6.66. The Bertz CT molecular complexity index is 876. The number of halogens is 2. The summed E-state index contributed by atoms with van der Waals surface area (Å²) in [7, 11) is 0. The highest BCUT2D eigenvalue weighted by Gasteiger charge is 2.19. The first-order chi connectivity index (χ1) is 14.0. The molecule has 0 unspecified atom stereocenters. The fraction of sp³-hybridized carbons (Fsp3) is 0.273. The molecule has 1 aliphatic heterocycles. The van der Waals surface area contributed by atoms with E-state index in [4.69, 9.17) is 0 Å². The molecule has 0 saturated carbocycles. The molecule has 29 heavy (non-hydrogen) atoms. The van der Waals surface area contributed by atoms with E-state index in [1.165, 1.54) is 18.2 Å². The molecular weight excluding hydrogens is 378 g/mol. The van der Waals surface area contributed by atoms with Gasteiger partial charge >= 0.3 is 6.61 Å². The van der Waals surface area contributed by atoms with Crippen LogP contribution in [-0.4, -0.2) is 36.4 Å². The van der Waals surface area contributed by atoms with E-state index in [0.29, 0.717) is 11.1 Å². The number of hydrogen-bond acceptors (Lipinski definition) is 3. The Balaban J connectivity index is 1.53. The highest BCUT2D eigenvalue weighted by atomic mass is 19.3. The number of para-hydroxylation sites is 1. The van der Waals surface area contributed by atoms with Crippen molar-refractivity contribution in [2.24, 2.45) is 0 Å². The van der Waals surface area contributed by atoms with Gasteiger partial charge in [0.1, 0.15) is 5.75 Å². The molecule has 0 bridgehead atoms. The number of amides is 2. The topological polar surface area (TPSA) is 58.6 Å². The van der Waals surface area contributed by atoms with Crippen LogP contribution < -0.4 is 10.1 Å². The summed E-state index contributed by atoms with van der Waals surface area (Å²) < 4.78 is 29.3. The van der Waals surface area contributed by atoms with Crippen LogP contribution in [0.25, 0.3) is 6.08 Å². The molecule has 2 amide bonds. The van der Waals surface area contributed by atoms with Crippen LogP contribution >= 0.6 is 0 Å². The third kappa shape index (κ3) is 5.88. The van der Waals surface area contributed by atoms with Gasteiger partial charge in [0, 0.05) is 36.8 Å². The van der Waals surface area contributed by atoms with Gasteiger partial charge in [0.05, 0.1) is 0 Å². The molecule has 1 saturated heterocycles. The Morgan fingerprint density at radius 1 is 1.07 bits per heavy atom. The van der Waals surface area contributed by atoms with Crippen molar-refractivity contribution in [3.63, 3.8) is 0 Å². The number of nitrogens with zero attached hydrogens (tertiary/aromatic N) is 1. The predicted octanol–water partition coefficient (Wildman–Crippen LogP) is 3.85. The molecule has 1 heterocycles. The molecule has 0 atom stereocenters. The van der Waals surface area contributed by atoms with Crippen molar-refractivity contribution in [1.29, 1.82) is 0 Å². The molecule has 0 aliphatic carbocycles. The second kappa shape index (κ2) is 9.82. The lowest BCUT2D eigenvalue weighted by molar-refractivity contribution is -0.116. The Hall–Kier alpha value is -3.22. The van der Waals surface area contributed by atoms with Crippen LogP contribution in [-0.2, 0) is 11.3 Å². The third-order valence-electron chi connectivity index (χ3n) is 4.61. The van der Waals surface area contributed by atoms with E-state index >= 15 is 0 Å². The maximum Gasteiger partial charge on any atom is 0.387 e. The number of likely N-dealkylation sites (tertiary alicyclic amines) is 1. The lowest BCUT2D eigenvalue weighted by Crippen LogP contribution is -2.27. The van der Waals surface area contributed by atoms with Crippen molar-refractivity contribution in [3.05, 3.63) is 71.3 Å². The van der Waals surface area contributed by atoms with E-state index in [0.717, 1.165) is 31.5 Å². The summed E-state index contributed by atoms with van der Waals surface area (Å²) in [5, 5.41) is 2.72. The smallest absolute Gasteiger partial charge is 0.387 e. The van der Waals surface area contributed by atoms with E-state index in [2.05, 4.69) is 10.1 Å². The molecule has 5 nitrogen and oxygen atoms in total. The van der Waals surface area contributed by atoms with E-state index in [-0.39, 0.29) is 24.1 Å². The number of alkyl halides is 2. The fourth-order valence-corrected chi connectivity index (χ4v) is 3.10. The van der Waals surface area contributed by atoms with Gasteiger partial charge in [-0.05, 0) is 42.7 Å². The molecule has 1 fully saturated rings. The van der Waals surface area contributed by atoms with E-state index in [1.54, 1.807) is 42.5 Å². The van der Waals surface area contributed by atoms with Gasteiger partial charge in [-0.25, -0.2) is 0 Å². The van der Waals surface area contributed by atoms with Gasteiger partial charge in [0.2, 0.25) is 5.91 Å². The Labute approximate surface area is 168 Å². The normalized spacial score (nSPS) is 13.8. The molecule has 1 N–H and O–H groups in total. The SMILES string of the molecule is O=C(C=Cc1ccccc1OC(F)F)NCc1ccc(C(=O)N2CCCC2)cc1. The molecule has 2 aromatic carbocycles. The summed E-state index contributed by atoms with van der Waals surface area (Å²) in [4.78, 5) is 26.2. The van der Waals surface area contributed by atoms with Crippen LogP contribution in [0.5, 0.6) is 5.75 Å². The molecule has 7 heteroatoms. The predicted molar refractivity (Wildman–Crippen MR) is 106 cm³/mol. The summed E-state index contributed by atoms with van der Waals surface area (Å²) in [5.41, 5.74) is 1.87. The zero-order chi connectivity index (χ0) is 20.6. The van der Waals surface area contributed by atoms with E-state index < -0.39 is 6.61 Å². The first kappa shape index (κ1) is 20.5. The molecule has 152 valence electrons. The van der Waals surface area contributed by atoms with Crippen molar-refractivity contribution in [2.75, 3.05) is 13.1 Å². The number of rotatable bonds is 7. The van der Waals surface area contributed by atoms with Gasteiger partial charge in [-0.15, -0.1) is 0 Å². The minimum Gasteiger partial charge on any atom is -0.434 e. The summed E-state index contributed by atoms with van der Waals surface area (Å²) in [5.74, 6) is -0.329. The van der Waals surface area contributed by atoms with Gasteiger partial charge in [-0.3, -0.25) is 9.59 Å². The highest BCUT2D eigenvalue weighted by molar-refractivity contribution is 5.94. The average Bonchev–Trinajstić information content (AvgIpc) is 3.26. The summed E-state index contributed by atoms with van der Waals surface area (Å²) in [6.45, 7) is -1.04. The lowest BCUT2D eigenvalue weighted by Gasteiger charge is -2.15. The molecule has 3 rings (SSSR count). The van der Waals surface area contributed by atoms with Gasteiger partial charge in [0.15, 0.2) is 0 Å². The van der Waals surface area contributed by atoms with Crippen LogP contribution in [0, 0.1) is 0 Å². The van der Waals surface area contributed by atoms with Crippen LogP contribution in [0.2, 0.25) is 0 Å². The first-order valence-corrected chi connectivity index (χ1v) is 9.41. The summed E-state index contributed by atoms with van der Waals surface area (Å²) >= 11 is 0. The van der Waals surface area contributed by atoms with E-state index in [9.17, 15) is 18.4 Å². The number of carbonyl (C=O) groups is 2. The van der Waals surface area contributed by atoms with Crippen molar-refractivity contribution >= 4 is 17.9 Å². The molecule has 0 radical (unpaired) electrons. The van der Waals surface area contributed by atoms with Crippen LogP contribution in [0.4, 0.5) is 8.78 Å². The number of benzene rings is 2. The van der Waals surface area contributed by atoms with Gasteiger partial charge in [-0.1, -0.05) is 30.3 Å².